The summed E-state index contributed by atoms with van der Waals surface area (Å²) in [5.41, 5.74) is 8.45. The van der Waals surface area contributed by atoms with Crippen LogP contribution in [0.25, 0.3) is 27.6 Å². The average molecular weight is 406 g/mol. The van der Waals surface area contributed by atoms with E-state index in [4.69, 9.17) is 21.7 Å². The number of hydrogen-bond donors (Lipinski definition) is 0. The smallest absolute Gasteiger partial charge is 0.211 e. The lowest BCUT2D eigenvalue weighted by Crippen LogP contribution is -2.02. The predicted molar refractivity (Wildman–Crippen MR) is 116 cm³/mol. The summed E-state index contributed by atoms with van der Waals surface area (Å²) < 4.78 is 2.06. The van der Waals surface area contributed by atoms with Crippen LogP contribution in [0.2, 0.25) is 5.02 Å². The Morgan fingerprint density at radius 3 is 2.68 bits per heavy atom. The van der Waals surface area contributed by atoms with Gasteiger partial charge in [-0.15, -0.1) is 11.3 Å². The molecule has 0 N–H and O–H groups in total. The van der Waals surface area contributed by atoms with Crippen LogP contribution in [0.4, 0.5) is 0 Å². The number of halogens is 1. The highest BCUT2D eigenvalue weighted by atomic mass is 35.5. The minimum Gasteiger partial charge on any atom is -0.218 e. The molecular weight excluding hydrogens is 386 g/mol. The number of hydrogen-bond acceptors (Lipinski definition) is 3. The maximum Gasteiger partial charge on any atom is 0.211 e. The van der Waals surface area contributed by atoms with Gasteiger partial charge in [-0.05, 0) is 30.0 Å². The predicted octanol–water partition coefficient (Wildman–Crippen LogP) is 6.42. The van der Waals surface area contributed by atoms with E-state index in [0.717, 1.165) is 34.3 Å². The molecule has 0 spiro atoms. The van der Waals surface area contributed by atoms with Crippen LogP contribution in [0, 0.1) is 5.92 Å². The Balaban J connectivity index is 1.62. The Kier molecular flexibility index (Phi) is 4.33. The van der Waals surface area contributed by atoms with E-state index in [1.54, 1.807) is 11.3 Å². The van der Waals surface area contributed by atoms with Crippen molar-refractivity contribution in [3.05, 3.63) is 75.8 Å². The van der Waals surface area contributed by atoms with Crippen LogP contribution in [-0.4, -0.2) is 14.8 Å². The van der Waals surface area contributed by atoms with Crippen molar-refractivity contribution in [3.8, 4) is 27.6 Å². The Hall–Kier alpha value is -2.43. The van der Waals surface area contributed by atoms with Gasteiger partial charge in [0.1, 0.15) is 0 Å². The van der Waals surface area contributed by atoms with E-state index >= 15 is 0 Å². The largest absolute Gasteiger partial charge is 0.218 e. The molecule has 5 rings (SSSR count). The zero-order valence-electron chi connectivity index (χ0n) is 15.8. The number of benzene rings is 2. The quantitative estimate of drug-likeness (QED) is 0.345. The molecule has 0 radical (unpaired) electrons. The van der Waals surface area contributed by atoms with Gasteiger partial charge in [0.2, 0.25) is 5.13 Å². The maximum atomic E-state index is 6.02. The van der Waals surface area contributed by atoms with E-state index in [2.05, 4.69) is 48.2 Å². The highest BCUT2D eigenvalue weighted by Crippen LogP contribution is 2.41. The van der Waals surface area contributed by atoms with Crippen molar-refractivity contribution in [2.45, 2.75) is 26.7 Å². The van der Waals surface area contributed by atoms with E-state index in [9.17, 15) is 0 Å². The van der Waals surface area contributed by atoms with E-state index in [0.29, 0.717) is 5.92 Å². The molecule has 1 aliphatic rings. The van der Waals surface area contributed by atoms with Gasteiger partial charge < -0.3 is 0 Å². The molecule has 2 aromatic heterocycles. The Labute approximate surface area is 173 Å². The first kappa shape index (κ1) is 17.7. The molecule has 0 atom stereocenters. The summed E-state index contributed by atoms with van der Waals surface area (Å²) >= 11 is 7.66. The van der Waals surface area contributed by atoms with E-state index in [1.807, 2.05) is 24.3 Å². The molecule has 0 aliphatic heterocycles. The SMILES string of the molecule is CC(C)Cc1nn(-c2nc(-c3ccc(Cl)cc3)cs2)c2c1Cc1ccccc1-2. The van der Waals surface area contributed by atoms with E-state index in [1.165, 1.54) is 28.1 Å². The van der Waals surface area contributed by atoms with Crippen molar-refractivity contribution in [1.29, 1.82) is 0 Å². The third-order valence-corrected chi connectivity index (χ3v) is 6.19. The van der Waals surface area contributed by atoms with Crippen molar-refractivity contribution in [3.63, 3.8) is 0 Å². The summed E-state index contributed by atoms with van der Waals surface area (Å²) in [5, 5.41) is 8.74. The second-order valence-corrected chi connectivity index (χ2v) is 8.91. The van der Waals surface area contributed by atoms with Crippen LogP contribution < -0.4 is 0 Å². The number of nitrogens with zero attached hydrogens (tertiary/aromatic N) is 3. The number of fused-ring (bicyclic) bond motifs is 3. The van der Waals surface area contributed by atoms with Crippen LogP contribution in [0.3, 0.4) is 0 Å². The summed E-state index contributed by atoms with van der Waals surface area (Å²) in [6, 6.07) is 16.5. The molecule has 2 heterocycles. The summed E-state index contributed by atoms with van der Waals surface area (Å²) in [4.78, 5) is 4.90. The molecule has 0 unspecified atom stereocenters. The Bertz CT molecular complexity index is 1160. The summed E-state index contributed by atoms with van der Waals surface area (Å²) in [6.45, 7) is 4.49. The van der Waals surface area contributed by atoms with Crippen molar-refractivity contribution < 1.29 is 0 Å². The number of thiazole rings is 1. The Morgan fingerprint density at radius 2 is 1.89 bits per heavy atom. The third kappa shape index (κ3) is 2.97. The lowest BCUT2D eigenvalue weighted by molar-refractivity contribution is 0.625. The first-order valence-corrected chi connectivity index (χ1v) is 10.8. The van der Waals surface area contributed by atoms with Crippen LogP contribution in [-0.2, 0) is 12.8 Å². The normalized spacial score (nSPS) is 12.4. The molecule has 3 nitrogen and oxygen atoms in total. The molecule has 0 saturated carbocycles. The Morgan fingerprint density at radius 1 is 1.11 bits per heavy atom. The number of rotatable bonds is 4. The molecule has 28 heavy (non-hydrogen) atoms. The van der Waals surface area contributed by atoms with E-state index < -0.39 is 0 Å². The minimum absolute atomic E-state index is 0.567. The van der Waals surface area contributed by atoms with Gasteiger partial charge in [0.15, 0.2) is 0 Å². The fraction of sp³-hybridized carbons (Fsp3) is 0.217. The third-order valence-electron chi connectivity index (χ3n) is 5.12. The molecule has 0 bridgehead atoms. The van der Waals surface area contributed by atoms with Crippen LogP contribution in [0.1, 0.15) is 30.7 Å². The van der Waals surface area contributed by atoms with Gasteiger partial charge in [-0.2, -0.15) is 5.10 Å². The van der Waals surface area contributed by atoms with Gasteiger partial charge in [0.25, 0.3) is 0 Å². The van der Waals surface area contributed by atoms with Gasteiger partial charge in [-0.3, -0.25) is 0 Å². The first-order chi connectivity index (χ1) is 13.6. The van der Waals surface area contributed by atoms with Gasteiger partial charge in [-0.1, -0.05) is 61.8 Å². The molecule has 140 valence electrons. The minimum atomic E-state index is 0.567. The van der Waals surface area contributed by atoms with Crippen LogP contribution in [0.5, 0.6) is 0 Å². The fourth-order valence-electron chi connectivity index (χ4n) is 3.86. The molecule has 0 saturated heterocycles. The summed E-state index contributed by atoms with van der Waals surface area (Å²) in [7, 11) is 0. The molecule has 2 aromatic carbocycles. The van der Waals surface area contributed by atoms with Crippen molar-refractivity contribution in [2.24, 2.45) is 5.92 Å². The molecule has 4 aromatic rings. The zero-order chi connectivity index (χ0) is 19.3. The van der Waals surface area contributed by atoms with Crippen molar-refractivity contribution in [1.82, 2.24) is 14.8 Å². The second-order valence-electron chi connectivity index (χ2n) is 7.64. The van der Waals surface area contributed by atoms with Crippen LogP contribution in [0.15, 0.2) is 53.9 Å². The summed E-state index contributed by atoms with van der Waals surface area (Å²) in [6.07, 6.45) is 1.95. The molecule has 5 heteroatoms. The fourth-order valence-corrected chi connectivity index (χ4v) is 4.77. The van der Waals surface area contributed by atoms with Gasteiger partial charge in [-0.25, -0.2) is 9.67 Å². The van der Waals surface area contributed by atoms with Crippen molar-refractivity contribution >= 4 is 22.9 Å². The van der Waals surface area contributed by atoms with E-state index in [-0.39, 0.29) is 0 Å². The molecule has 0 amide bonds. The van der Waals surface area contributed by atoms with Crippen LogP contribution >= 0.6 is 22.9 Å². The number of aromatic nitrogens is 3. The lowest BCUT2D eigenvalue weighted by Gasteiger charge is -2.05. The standard InChI is InChI=1S/C23H20ClN3S/c1-14(2)11-20-19-12-16-5-3-4-6-18(16)22(19)27(26-20)23-25-21(13-28-23)15-7-9-17(24)10-8-15/h3-10,13-14H,11-12H2,1-2H3. The monoisotopic (exact) mass is 405 g/mol. The summed E-state index contributed by atoms with van der Waals surface area (Å²) in [5.74, 6) is 0.567. The van der Waals surface area contributed by atoms with Gasteiger partial charge in [0.05, 0.1) is 17.1 Å². The highest BCUT2D eigenvalue weighted by Gasteiger charge is 2.29. The second kappa shape index (κ2) is 6.87. The lowest BCUT2D eigenvalue weighted by atomic mass is 10.0. The molecule has 0 fully saturated rings. The average Bonchev–Trinajstić information content (AvgIpc) is 3.37. The van der Waals surface area contributed by atoms with Crippen molar-refractivity contribution in [2.75, 3.05) is 0 Å². The first-order valence-electron chi connectivity index (χ1n) is 9.51. The highest BCUT2D eigenvalue weighted by molar-refractivity contribution is 7.12. The van der Waals surface area contributed by atoms with Gasteiger partial charge in [0, 0.05) is 33.5 Å². The maximum absolute atomic E-state index is 6.02. The molecular formula is C23H20ClN3S. The topological polar surface area (TPSA) is 30.7 Å². The zero-order valence-corrected chi connectivity index (χ0v) is 17.4. The molecule has 1 aliphatic carbocycles. The van der Waals surface area contributed by atoms with Gasteiger partial charge >= 0.3 is 0 Å².